The zero-order valence-corrected chi connectivity index (χ0v) is 26.6. The normalized spacial score (nSPS) is 18.6. The average Bonchev–Trinajstić information content (AvgIpc) is 3.44. The molecular weight excluding hydrogens is 569 g/mol. The Balaban J connectivity index is 1.29. The highest BCUT2D eigenvalue weighted by Crippen LogP contribution is 2.35. The average molecular weight is 613 g/mol. The maximum Gasteiger partial charge on any atom is 0.255 e. The molecule has 2 fully saturated rings. The van der Waals surface area contributed by atoms with Crippen molar-refractivity contribution in [1.29, 1.82) is 0 Å². The number of amides is 2. The van der Waals surface area contributed by atoms with E-state index < -0.39 is 5.54 Å². The standard InChI is InChI=1S/C33H43Cl2N5O2/c1-37(2)32(42)33(40-16-7-4-8-17-40)14-19-39(20-15-33)18-13-25(24-11-12-28(34)29(35)21-24)23-38(3)31(41)27-22-36-30-10-6-5-9-26(27)30/h5-6,9-12,21-22,25,36H,4,7-8,13-20,23H2,1-3H3. The highest BCUT2D eigenvalue weighted by Gasteiger charge is 2.47. The first-order valence-electron chi connectivity index (χ1n) is 15.2. The van der Waals surface area contributed by atoms with Crippen LogP contribution in [0.25, 0.3) is 10.9 Å². The van der Waals surface area contributed by atoms with Gasteiger partial charge in [0, 0.05) is 63.8 Å². The van der Waals surface area contributed by atoms with Crippen molar-refractivity contribution in [2.45, 2.75) is 50.0 Å². The van der Waals surface area contributed by atoms with Gasteiger partial charge in [0.05, 0.1) is 15.6 Å². The minimum absolute atomic E-state index is 0.0102. The first-order chi connectivity index (χ1) is 20.2. The molecule has 1 atom stereocenters. The van der Waals surface area contributed by atoms with Crippen molar-refractivity contribution in [2.75, 3.05) is 60.4 Å². The molecule has 0 saturated carbocycles. The molecule has 2 aromatic carbocycles. The SMILES string of the molecule is CN(C)C(=O)C1(N2CCCCC2)CCN(CCC(CN(C)C(=O)c2c[nH]c3ccccc23)c2ccc(Cl)c(Cl)c2)CC1. The number of benzene rings is 2. The predicted octanol–water partition coefficient (Wildman–Crippen LogP) is 6.13. The van der Waals surface area contributed by atoms with Crippen molar-refractivity contribution in [3.05, 3.63) is 69.8 Å². The van der Waals surface area contributed by atoms with Crippen LogP contribution >= 0.6 is 23.2 Å². The van der Waals surface area contributed by atoms with Gasteiger partial charge in [-0.3, -0.25) is 14.5 Å². The molecule has 3 heterocycles. The molecule has 2 saturated heterocycles. The molecule has 3 aromatic rings. The third-order valence-corrected chi connectivity index (χ3v) is 10.1. The molecule has 5 rings (SSSR count). The summed E-state index contributed by atoms with van der Waals surface area (Å²) in [5, 5.41) is 1.98. The number of rotatable bonds is 9. The predicted molar refractivity (Wildman–Crippen MR) is 172 cm³/mol. The Morgan fingerprint density at radius 1 is 0.952 bits per heavy atom. The Bertz CT molecular complexity index is 1390. The van der Waals surface area contributed by atoms with Crippen LogP contribution in [0.3, 0.4) is 0 Å². The molecule has 0 radical (unpaired) electrons. The molecular formula is C33H43Cl2N5O2. The fraction of sp³-hybridized carbons (Fsp3) is 0.515. The number of likely N-dealkylation sites (N-methyl/N-ethyl adjacent to an activating group) is 2. The zero-order chi connectivity index (χ0) is 29.9. The van der Waals surface area contributed by atoms with Crippen LogP contribution in [0.15, 0.2) is 48.7 Å². The number of carbonyl (C=O) groups is 2. The van der Waals surface area contributed by atoms with E-state index in [0.29, 0.717) is 22.2 Å². The lowest BCUT2D eigenvalue weighted by Crippen LogP contribution is -2.64. The Hall–Kier alpha value is -2.58. The lowest BCUT2D eigenvalue weighted by molar-refractivity contribution is -0.147. The fourth-order valence-electron chi connectivity index (χ4n) is 6.89. The molecule has 2 aliphatic rings. The van der Waals surface area contributed by atoms with Crippen LogP contribution in [-0.2, 0) is 4.79 Å². The van der Waals surface area contributed by atoms with Crippen LogP contribution in [0.2, 0.25) is 10.0 Å². The Labute approximate surface area is 259 Å². The Morgan fingerprint density at radius 2 is 1.67 bits per heavy atom. The van der Waals surface area contributed by atoms with E-state index in [0.717, 1.165) is 68.5 Å². The highest BCUT2D eigenvalue weighted by molar-refractivity contribution is 6.42. The molecule has 2 aliphatic heterocycles. The summed E-state index contributed by atoms with van der Waals surface area (Å²) in [7, 11) is 5.64. The number of carbonyl (C=O) groups excluding carboxylic acids is 2. The van der Waals surface area contributed by atoms with E-state index >= 15 is 0 Å². The number of hydrogen-bond donors (Lipinski definition) is 1. The van der Waals surface area contributed by atoms with Crippen molar-refractivity contribution >= 4 is 45.9 Å². The van der Waals surface area contributed by atoms with Gasteiger partial charge >= 0.3 is 0 Å². The number of piperidine rings is 2. The second kappa shape index (κ2) is 13.4. The number of para-hydroxylation sites is 1. The van der Waals surface area contributed by atoms with E-state index in [-0.39, 0.29) is 17.7 Å². The maximum atomic E-state index is 13.6. The number of H-pyrrole nitrogens is 1. The third-order valence-electron chi connectivity index (χ3n) is 9.32. The van der Waals surface area contributed by atoms with E-state index in [2.05, 4.69) is 14.8 Å². The van der Waals surface area contributed by atoms with Gasteiger partial charge in [-0.15, -0.1) is 0 Å². The molecule has 0 aliphatic carbocycles. The van der Waals surface area contributed by atoms with E-state index in [9.17, 15) is 9.59 Å². The van der Waals surface area contributed by atoms with Crippen molar-refractivity contribution in [3.8, 4) is 0 Å². The Morgan fingerprint density at radius 3 is 2.36 bits per heavy atom. The molecule has 42 heavy (non-hydrogen) atoms. The molecule has 0 bridgehead atoms. The number of aromatic nitrogens is 1. The van der Waals surface area contributed by atoms with E-state index in [1.807, 2.05) is 68.5 Å². The molecule has 2 amide bonds. The van der Waals surface area contributed by atoms with Crippen LogP contribution in [-0.4, -0.2) is 102 Å². The van der Waals surface area contributed by atoms with Gasteiger partial charge in [0.25, 0.3) is 5.91 Å². The van der Waals surface area contributed by atoms with Crippen molar-refractivity contribution in [3.63, 3.8) is 0 Å². The molecule has 1 N–H and O–H groups in total. The monoisotopic (exact) mass is 611 g/mol. The van der Waals surface area contributed by atoms with Crippen LogP contribution in [0, 0.1) is 0 Å². The number of halogens is 2. The lowest BCUT2D eigenvalue weighted by atomic mass is 9.82. The van der Waals surface area contributed by atoms with Crippen LogP contribution in [0.1, 0.15) is 60.4 Å². The topological polar surface area (TPSA) is 62.9 Å². The highest BCUT2D eigenvalue weighted by atomic mass is 35.5. The molecule has 0 spiro atoms. The molecule has 9 heteroatoms. The number of likely N-dealkylation sites (tertiary alicyclic amines) is 2. The summed E-state index contributed by atoms with van der Waals surface area (Å²) >= 11 is 12.7. The first-order valence-corrected chi connectivity index (χ1v) is 15.9. The summed E-state index contributed by atoms with van der Waals surface area (Å²) in [4.78, 5) is 38.8. The first kappa shape index (κ1) is 30.9. The van der Waals surface area contributed by atoms with Gasteiger partial charge in [-0.05, 0) is 75.5 Å². The minimum Gasteiger partial charge on any atom is -0.360 e. The Kier molecular flexibility index (Phi) is 9.83. The van der Waals surface area contributed by atoms with Crippen molar-refractivity contribution < 1.29 is 9.59 Å². The molecule has 7 nitrogen and oxygen atoms in total. The summed E-state index contributed by atoms with van der Waals surface area (Å²) < 4.78 is 0. The summed E-state index contributed by atoms with van der Waals surface area (Å²) in [5.41, 5.74) is 2.31. The number of fused-ring (bicyclic) bond motifs is 1. The quantitative estimate of drug-likeness (QED) is 0.316. The number of nitrogens with one attached hydrogen (secondary N) is 1. The van der Waals surface area contributed by atoms with Crippen molar-refractivity contribution in [2.24, 2.45) is 0 Å². The summed E-state index contributed by atoms with van der Waals surface area (Å²) in [5.74, 6) is 0.315. The number of hydrogen-bond acceptors (Lipinski definition) is 4. The van der Waals surface area contributed by atoms with Gasteiger partial charge in [-0.1, -0.05) is 53.9 Å². The molecule has 226 valence electrons. The molecule has 1 unspecified atom stereocenters. The van der Waals surface area contributed by atoms with Crippen LogP contribution < -0.4 is 0 Å². The van der Waals surface area contributed by atoms with Gasteiger partial charge in [-0.25, -0.2) is 0 Å². The lowest BCUT2D eigenvalue weighted by Gasteiger charge is -2.50. The van der Waals surface area contributed by atoms with Crippen LogP contribution in [0.4, 0.5) is 0 Å². The summed E-state index contributed by atoms with van der Waals surface area (Å²) in [6.45, 7) is 5.22. The van der Waals surface area contributed by atoms with E-state index in [1.165, 1.54) is 19.3 Å². The van der Waals surface area contributed by atoms with E-state index in [4.69, 9.17) is 23.2 Å². The van der Waals surface area contributed by atoms with Gasteiger partial charge in [-0.2, -0.15) is 0 Å². The minimum atomic E-state index is -0.393. The fourth-order valence-corrected chi connectivity index (χ4v) is 7.19. The largest absolute Gasteiger partial charge is 0.360 e. The number of aromatic amines is 1. The van der Waals surface area contributed by atoms with Gasteiger partial charge in [0.2, 0.25) is 5.91 Å². The third kappa shape index (κ3) is 6.49. The van der Waals surface area contributed by atoms with Gasteiger partial charge < -0.3 is 19.7 Å². The van der Waals surface area contributed by atoms with Crippen LogP contribution in [0.5, 0.6) is 0 Å². The number of nitrogens with zero attached hydrogens (tertiary/aromatic N) is 4. The summed E-state index contributed by atoms with van der Waals surface area (Å²) in [6, 6.07) is 13.7. The molecule has 1 aromatic heterocycles. The second-order valence-electron chi connectivity index (χ2n) is 12.2. The van der Waals surface area contributed by atoms with Gasteiger partial charge in [0.15, 0.2) is 0 Å². The zero-order valence-electron chi connectivity index (χ0n) is 25.0. The second-order valence-corrected chi connectivity index (χ2v) is 13.0. The van der Waals surface area contributed by atoms with Crippen molar-refractivity contribution in [1.82, 2.24) is 24.6 Å². The van der Waals surface area contributed by atoms with E-state index in [1.54, 1.807) is 11.1 Å². The summed E-state index contributed by atoms with van der Waals surface area (Å²) in [6.07, 6.45) is 7.95. The van der Waals surface area contributed by atoms with Gasteiger partial charge in [0.1, 0.15) is 5.54 Å². The maximum absolute atomic E-state index is 13.6. The smallest absolute Gasteiger partial charge is 0.255 e.